The summed E-state index contributed by atoms with van der Waals surface area (Å²) in [5, 5.41) is 14.1. The van der Waals surface area contributed by atoms with Crippen molar-refractivity contribution in [3.8, 4) is 0 Å². The third-order valence-corrected chi connectivity index (χ3v) is 5.38. The summed E-state index contributed by atoms with van der Waals surface area (Å²) in [4.78, 5) is 26.1. The van der Waals surface area contributed by atoms with Gasteiger partial charge in [-0.2, -0.15) is 0 Å². The number of rotatable bonds is 6. The topological polar surface area (TPSA) is 84.7 Å². The molecule has 1 N–H and O–H groups in total. The SMILES string of the molecule is CSc1ccc(C(=O)NCC(C)(C)N2C[C@@H](C)O[C@@H](C)C2)cc1[N+](=O)[O-]. The Bertz CT molecular complexity index is 670. The molecule has 1 amide bonds. The number of nitro groups is 1. The molecule has 8 heteroatoms. The van der Waals surface area contributed by atoms with E-state index in [2.05, 4.69) is 24.1 Å². The number of ether oxygens (including phenoxy) is 1. The molecule has 0 spiro atoms. The van der Waals surface area contributed by atoms with Crippen molar-refractivity contribution in [3.05, 3.63) is 33.9 Å². The van der Waals surface area contributed by atoms with Gasteiger partial charge in [-0.15, -0.1) is 11.8 Å². The second-order valence-corrected chi connectivity index (χ2v) is 8.15. The number of amides is 1. The zero-order valence-corrected chi connectivity index (χ0v) is 16.8. The normalized spacial score (nSPS) is 21.4. The lowest BCUT2D eigenvalue weighted by Crippen LogP contribution is -2.58. The maximum atomic E-state index is 12.5. The number of carbonyl (C=O) groups is 1. The molecular weight excluding hydrogens is 354 g/mol. The fourth-order valence-corrected chi connectivity index (χ4v) is 3.70. The Labute approximate surface area is 158 Å². The zero-order valence-electron chi connectivity index (χ0n) is 15.9. The van der Waals surface area contributed by atoms with Crippen LogP contribution in [-0.4, -0.2) is 59.4 Å². The van der Waals surface area contributed by atoms with Crippen molar-refractivity contribution in [2.24, 2.45) is 0 Å². The Hall–Kier alpha value is -1.64. The van der Waals surface area contributed by atoms with Crippen LogP contribution in [0.15, 0.2) is 23.1 Å². The van der Waals surface area contributed by atoms with E-state index in [1.54, 1.807) is 18.4 Å². The smallest absolute Gasteiger partial charge is 0.283 e. The predicted octanol–water partition coefficient (Wildman–Crippen LogP) is 2.93. The van der Waals surface area contributed by atoms with E-state index in [9.17, 15) is 14.9 Å². The molecule has 7 nitrogen and oxygen atoms in total. The lowest BCUT2D eigenvalue weighted by atomic mass is 10.00. The number of nitrogens with one attached hydrogen (secondary N) is 1. The fourth-order valence-electron chi connectivity index (χ4n) is 3.16. The number of nitrogens with zero attached hydrogens (tertiary/aromatic N) is 2. The summed E-state index contributed by atoms with van der Waals surface area (Å²) >= 11 is 1.29. The van der Waals surface area contributed by atoms with Gasteiger partial charge in [-0.1, -0.05) is 0 Å². The number of benzene rings is 1. The van der Waals surface area contributed by atoms with E-state index < -0.39 is 4.92 Å². The molecule has 1 aliphatic rings. The van der Waals surface area contributed by atoms with Gasteiger partial charge in [-0.05, 0) is 46.1 Å². The van der Waals surface area contributed by atoms with Crippen LogP contribution in [0.2, 0.25) is 0 Å². The molecule has 0 saturated carbocycles. The van der Waals surface area contributed by atoms with E-state index in [1.807, 2.05) is 13.8 Å². The molecule has 1 aromatic carbocycles. The number of morpholine rings is 1. The molecule has 1 heterocycles. The highest BCUT2D eigenvalue weighted by atomic mass is 32.2. The first-order chi connectivity index (χ1) is 12.1. The van der Waals surface area contributed by atoms with Crippen LogP contribution >= 0.6 is 11.8 Å². The van der Waals surface area contributed by atoms with Crippen molar-refractivity contribution in [1.29, 1.82) is 0 Å². The standard InChI is InChI=1S/C18H27N3O4S/c1-12-9-20(10-13(2)25-12)18(3,4)11-19-17(22)14-6-7-16(26-5)15(8-14)21(23)24/h6-8,12-13H,9-11H2,1-5H3,(H,19,22)/t12-,13+. The highest BCUT2D eigenvalue weighted by Gasteiger charge is 2.33. The van der Waals surface area contributed by atoms with Crippen molar-refractivity contribution in [2.75, 3.05) is 25.9 Å². The van der Waals surface area contributed by atoms with Gasteiger partial charge in [0.2, 0.25) is 0 Å². The Morgan fingerprint density at radius 3 is 2.54 bits per heavy atom. The Kier molecular flexibility index (Phi) is 6.65. The molecule has 0 bridgehead atoms. The second-order valence-electron chi connectivity index (χ2n) is 7.30. The van der Waals surface area contributed by atoms with E-state index in [4.69, 9.17) is 4.74 Å². The van der Waals surface area contributed by atoms with Crippen molar-refractivity contribution < 1.29 is 14.5 Å². The zero-order chi connectivity index (χ0) is 19.5. The third kappa shape index (κ3) is 4.96. The van der Waals surface area contributed by atoms with Crippen molar-refractivity contribution in [1.82, 2.24) is 10.2 Å². The van der Waals surface area contributed by atoms with Gasteiger partial charge in [0.15, 0.2) is 0 Å². The van der Waals surface area contributed by atoms with Crippen molar-refractivity contribution in [2.45, 2.75) is 50.3 Å². The molecular formula is C18H27N3O4S. The van der Waals surface area contributed by atoms with Crippen LogP contribution in [0.3, 0.4) is 0 Å². The Morgan fingerprint density at radius 2 is 2.00 bits per heavy atom. The van der Waals surface area contributed by atoms with Crippen LogP contribution in [0.1, 0.15) is 38.1 Å². The summed E-state index contributed by atoms with van der Waals surface area (Å²) in [6, 6.07) is 4.58. The molecule has 0 aromatic heterocycles. The average Bonchev–Trinajstić information content (AvgIpc) is 2.58. The minimum Gasteiger partial charge on any atom is -0.373 e. The van der Waals surface area contributed by atoms with Crippen molar-refractivity contribution >= 4 is 23.4 Å². The van der Waals surface area contributed by atoms with Gasteiger partial charge >= 0.3 is 0 Å². The third-order valence-electron chi connectivity index (χ3n) is 4.59. The maximum Gasteiger partial charge on any atom is 0.283 e. The number of carbonyl (C=O) groups excluding carboxylic acids is 1. The summed E-state index contributed by atoms with van der Waals surface area (Å²) in [7, 11) is 0. The van der Waals surface area contributed by atoms with Crippen molar-refractivity contribution in [3.63, 3.8) is 0 Å². The molecule has 1 aromatic rings. The first kappa shape index (κ1) is 20.7. The van der Waals surface area contributed by atoms with Crippen LogP contribution in [0.25, 0.3) is 0 Å². The summed E-state index contributed by atoms with van der Waals surface area (Å²) in [6.07, 6.45) is 2.07. The first-order valence-corrected chi connectivity index (χ1v) is 9.87. The molecule has 1 fully saturated rings. The van der Waals surface area contributed by atoms with Crippen LogP contribution in [-0.2, 0) is 4.74 Å². The highest BCUT2D eigenvalue weighted by molar-refractivity contribution is 7.98. The van der Waals surface area contributed by atoms with Gasteiger partial charge in [0.25, 0.3) is 11.6 Å². The van der Waals surface area contributed by atoms with Crippen LogP contribution in [0.4, 0.5) is 5.69 Å². The Balaban J connectivity index is 2.05. The van der Waals surface area contributed by atoms with Gasteiger partial charge in [-0.25, -0.2) is 0 Å². The molecule has 2 rings (SSSR count). The van der Waals surface area contributed by atoms with Gasteiger partial charge in [0.1, 0.15) is 0 Å². The highest BCUT2D eigenvalue weighted by Crippen LogP contribution is 2.28. The summed E-state index contributed by atoms with van der Waals surface area (Å²) in [5.41, 5.74) is 0.0156. The van der Waals surface area contributed by atoms with E-state index in [-0.39, 0.29) is 29.3 Å². The number of nitro benzene ring substituents is 1. The molecule has 1 saturated heterocycles. The lowest BCUT2D eigenvalue weighted by Gasteiger charge is -2.45. The van der Waals surface area contributed by atoms with Gasteiger partial charge in [0.05, 0.1) is 22.0 Å². The van der Waals surface area contributed by atoms with Crippen LogP contribution < -0.4 is 5.32 Å². The minimum atomic E-state index is -0.455. The summed E-state index contributed by atoms with van der Waals surface area (Å²) in [5.74, 6) is -0.303. The maximum absolute atomic E-state index is 12.5. The van der Waals surface area contributed by atoms with Gasteiger partial charge < -0.3 is 10.1 Å². The number of hydrogen-bond acceptors (Lipinski definition) is 6. The first-order valence-electron chi connectivity index (χ1n) is 8.65. The fraction of sp³-hybridized carbons (Fsp3) is 0.611. The molecule has 0 radical (unpaired) electrons. The largest absolute Gasteiger partial charge is 0.373 e. The monoisotopic (exact) mass is 381 g/mol. The van der Waals surface area contributed by atoms with E-state index in [0.29, 0.717) is 17.0 Å². The molecule has 144 valence electrons. The molecule has 2 atom stereocenters. The predicted molar refractivity (Wildman–Crippen MR) is 103 cm³/mol. The molecule has 26 heavy (non-hydrogen) atoms. The van der Waals surface area contributed by atoms with Crippen LogP contribution in [0, 0.1) is 10.1 Å². The van der Waals surface area contributed by atoms with E-state index in [0.717, 1.165) is 13.1 Å². The number of thioether (sulfide) groups is 1. The van der Waals surface area contributed by atoms with Gasteiger partial charge in [0, 0.05) is 36.8 Å². The lowest BCUT2D eigenvalue weighted by molar-refractivity contribution is -0.387. The quantitative estimate of drug-likeness (QED) is 0.463. The second kappa shape index (κ2) is 8.37. The number of hydrogen-bond donors (Lipinski definition) is 1. The summed E-state index contributed by atoms with van der Waals surface area (Å²) in [6.45, 7) is 10.3. The van der Waals surface area contributed by atoms with Gasteiger partial charge in [-0.3, -0.25) is 19.8 Å². The summed E-state index contributed by atoms with van der Waals surface area (Å²) < 4.78 is 5.77. The average molecular weight is 381 g/mol. The van der Waals surface area contributed by atoms with E-state index >= 15 is 0 Å². The molecule has 0 aliphatic carbocycles. The van der Waals surface area contributed by atoms with E-state index in [1.165, 1.54) is 17.8 Å². The Morgan fingerprint density at radius 1 is 1.38 bits per heavy atom. The molecule has 1 aliphatic heterocycles. The minimum absolute atomic E-state index is 0.0414. The molecule has 0 unspecified atom stereocenters. The van der Waals surface area contributed by atoms with Crippen LogP contribution in [0.5, 0.6) is 0 Å².